The number of rotatable bonds is 4. The van der Waals surface area contributed by atoms with Gasteiger partial charge in [0.2, 0.25) is 11.8 Å². The summed E-state index contributed by atoms with van der Waals surface area (Å²) in [5.74, 6) is 1.15. The fourth-order valence-corrected chi connectivity index (χ4v) is 3.71. The molecule has 2 unspecified atom stereocenters. The van der Waals surface area contributed by atoms with Gasteiger partial charge in [-0.25, -0.2) is 0 Å². The molecule has 2 atom stereocenters. The molecule has 1 aromatic rings. The number of anilines is 1. The predicted octanol–water partition coefficient (Wildman–Crippen LogP) is 2.70. The van der Waals surface area contributed by atoms with E-state index >= 15 is 0 Å². The highest BCUT2D eigenvalue weighted by Gasteiger charge is 2.38. The van der Waals surface area contributed by atoms with Crippen LogP contribution in [0.15, 0.2) is 24.3 Å². The Morgan fingerprint density at radius 1 is 1.29 bits per heavy atom. The summed E-state index contributed by atoms with van der Waals surface area (Å²) in [5, 5.41) is 0. The number of carbonyl (C=O) groups is 2. The van der Waals surface area contributed by atoms with Gasteiger partial charge in [-0.3, -0.25) is 9.59 Å². The summed E-state index contributed by atoms with van der Waals surface area (Å²) in [4.78, 5) is 28.9. The van der Waals surface area contributed by atoms with Crippen molar-refractivity contribution in [2.45, 2.75) is 33.1 Å². The van der Waals surface area contributed by atoms with Gasteiger partial charge in [0.1, 0.15) is 5.75 Å². The second kappa shape index (κ2) is 7.24. The van der Waals surface area contributed by atoms with Crippen LogP contribution in [0.1, 0.15) is 33.1 Å². The molecule has 0 saturated carbocycles. The largest absolute Gasteiger partial charge is 0.492 e. The number of ether oxygens (including phenoxy) is 1. The summed E-state index contributed by atoms with van der Waals surface area (Å²) in [7, 11) is 0. The van der Waals surface area contributed by atoms with E-state index in [0.29, 0.717) is 31.2 Å². The third kappa shape index (κ3) is 3.40. The molecule has 2 aliphatic rings. The molecule has 0 aromatic heterocycles. The first-order valence-corrected chi connectivity index (χ1v) is 8.91. The van der Waals surface area contributed by atoms with E-state index in [2.05, 4.69) is 6.92 Å². The second-order valence-corrected chi connectivity index (χ2v) is 6.84. The molecule has 5 nitrogen and oxygen atoms in total. The van der Waals surface area contributed by atoms with Crippen LogP contribution in [0.5, 0.6) is 5.75 Å². The van der Waals surface area contributed by atoms with Gasteiger partial charge in [0.25, 0.3) is 0 Å². The zero-order valence-corrected chi connectivity index (χ0v) is 14.5. The minimum atomic E-state index is -0.238. The molecule has 2 fully saturated rings. The van der Waals surface area contributed by atoms with Gasteiger partial charge in [-0.15, -0.1) is 0 Å². The molecular formula is C19H26N2O3. The molecule has 2 aliphatic heterocycles. The van der Waals surface area contributed by atoms with E-state index in [-0.39, 0.29) is 17.7 Å². The Morgan fingerprint density at radius 3 is 2.83 bits per heavy atom. The van der Waals surface area contributed by atoms with Gasteiger partial charge in [-0.2, -0.15) is 0 Å². The van der Waals surface area contributed by atoms with E-state index in [1.165, 1.54) is 6.42 Å². The highest BCUT2D eigenvalue weighted by molar-refractivity contribution is 6.01. The first-order valence-electron chi connectivity index (χ1n) is 8.91. The summed E-state index contributed by atoms with van der Waals surface area (Å²) in [5.41, 5.74) is 0.770. The molecule has 1 aromatic carbocycles. The molecule has 3 rings (SSSR count). The van der Waals surface area contributed by atoms with Crippen LogP contribution in [-0.4, -0.2) is 43.0 Å². The number of amides is 2. The Kier molecular flexibility index (Phi) is 5.07. The maximum absolute atomic E-state index is 12.8. The topological polar surface area (TPSA) is 49.9 Å². The number of likely N-dealkylation sites (tertiary alicyclic amines) is 1. The van der Waals surface area contributed by atoms with Crippen molar-refractivity contribution in [3.05, 3.63) is 24.3 Å². The Morgan fingerprint density at radius 2 is 2.08 bits per heavy atom. The first-order chi connectivity index (χ1) is 11.6. The Bertz CT molecular complexity index is 616. The fourth-order valence-electron chi connectivity index (χ4n) is 3.71. The van der Waals surface area contributed by atoms with Crippen LogP contribution < -0.4 is 9.64 Å². The lowest BCUT2D eigenvalue weighted by Gasteiger charge is -2.32. The van der Waals surface area contributed by atoms with E-state index in [1.54, 1.807) is 4.90 Å². The number of piperidine rings is 1. The van der Waals surface area contributed by atoms with Crippen molar-refractivity contribution in [1.29, 1.82) is 0 Å². The predicted molar refractivity (Wildman–Crippen MR) is 93.0 cm³/mol. The van der Waals surface area contributed by atoms with E-state index in [0.717, 1.165) is 25.2 Å². The smallest absolute Gasteiger partial charge is 0.228 e. The van der Waals surface area contributed by atoms with E-state index < -0.39 is 0 Å². The number of carbonyl (C=O) groups excluding carboxylic acids is 2. The molecular weight excluding hydrogens is 304 g/mol. The van der Waals surface area contributed by atoms with Gasteiger partial charge in [-0.05, 0) is 37.8 Å². The molecule has 0 radical (unpaired) electrons. The lowest BCUT2D eigenvalue weighted by atomic mass is 9.98. The standard InChI is InChI=1S/C19H26N2O3/c1-3-24-17-9-5-4-8-16(17)21-13-15(11-18(21)22)19(23)20-10-6-7-14(2)12-20/h4-5,8-9,14-15H,3,6-7,10-13H2,1-2H3. The molecule has 0 bridgehead atoms. The molecule has 2 heterocycles. The zero-order chi connectivity index (χ0) is 17.1. The summed E-state index contributed by atoms with van der Waals surface area (Å²) >= 11 is 0. The summed E-state index contributed by atoms with van der Waals surface area (Å²) in [6, 6.07) is 7.55. The fraction of sp³-hybridized carbons (Fsp3) is 0.579. The molecule has 24 heavy (non-hydrogen) atoms. The second-order valence-electron chi connectivity index (χ2n) is 6.84. The first kappa shape index (κ1) is 16.8. The SMILES string of the molecule is CCOc1ccccc1N1CC(C(=O)N2CCCC(C)C2)CC1=O. The molecule has 0 N–H and O–H groups in total. The Labute approximate surface area is 143 Å². The van der Waals surface area contributed by atoms with Gasteiger partial charge in [0.15, 0.2) is 0 Å². The van der Waals surface area contributed by atoms with Crippen LogP contribution in [0, 0.1) is 11.8 Å². The summed E-state index contributed by atoms with van der Waals surface area (Å²) in [6.45, 7) is 6.75. The van der Waals surface area contributed by atoms with Gasteiger partial charge in [-0.1, -0.05) is 19.1 Å². The van der Waals surface area contributed by atoms with Crippen molar-refractivity contribution < 1.29 is 14.3 Å². The molecule has 130 valence electrons. The van der Waals surface area contributed by atoms with Crippen molar-refractivity contribution in [2.24, 2.45) is 11.8 Å². The third-order valence-corrected chi connectivity index (χ3v) is 4.90. The minimum absolute atomic E-state index is 0.00515. The van der Waals surface area contributed by atoms with E-state index in [9.17, 15) is 9.59 Å². The van der Waals surface area contributed by atoms with Crippen molar-refractivity contribution in [2.75, 3.05) is 31.1 Å². The van der Waals surface area contributed by atoms with Gasteiger partial charge in [0.05, 0.1) is 18.2 Å². The molecule has 5 heteroatoms. The van der Waals surface area contributed by atoms with Crippen molar-refractivity contribution in [3.8, 4) is 5.75 Å². The number of nitrogens with zero attached hydrogens (tertiary/aromatic N) is 2. The molecule has 0 spiro atoms. The average molecular weight is 330 g/mol. The summed E-state index contributed by atoms with van der Waals surface area (Å²) in [6.07, 6.45) is 2.54. The van der Waals surface area contributed by atoms with Gasteiger partial charge < -0.3 is 14.5 Å². The third-order valence-electron chi connectivity index (χ3n) is 4.90. The molecule has 0 aliphatic carbocycles. The monoisotopic (exact) mass is 330 g/mol. The lowest BCUT2D eigenvalue weighted by Crippen LogP contribution is -2.43. The number of benzene rings is 1. The summed E-state index contributed by atoms with van der Waals surface area (Å²) < 4.78 is 5.63. The van der Waals surface area contributed by atoms with Crippen LogP contribution in [0.3, 0.4) is 0 Å². The lowest BCUT2D eigenvalue weighted by molar-refractivity contribution is -0.137. The van der Waals surface area contributed by atoms with E-state index in [4.69, 9.17) is 4.74 Å². The van der Waals surface area contributed by atoms with Crippen LogP contribution in [0.25, 0.3) is 0 Å². The van der Waals surface area contributed by atoms with E-state index in [1.807, 2.05) is 36.1 Å². The van der Waals surface area contributed by atoms with Crippen molar-refractivity contribution in [3.63, 3.8) is 0 Å². The van der Waals surface area contributed by atoms with Crippen molar-refractivity contribution in [1.82, 2.24) is 4.90 Å². The average Bonchev–Trinajstić information content (AvgIpc) is 2.97. The molecule has 2 amide bonds. The number of hydrogen-bond acceptors (Lipinski definition) is 3. The van der Waals surface area contributed by atoms with Crippen molar-refractivity contribution >= 4 is 17.5 Å². The highest BCUT2D eigenvalue weighted by atomic mass is 16.5. The quantitative estimate of drug-likeness (QED) is 0.853. The van der Waals surface area contributed by atoms with Gasteiger partial charge in [0, 0.05) is 26.1 Å². The number of hydrogen-bond donors (Lipinski definition) is 0. The maximum atomic E-state index is 12.8. The highest BCUT2D eigenvalue weighted by Crippen LogP contribution is 2.34. The van der Waals surface area contributed by atoms with Crippen LogP contribution in [0.2, 0.25) is 0 Å². The Hall–Kier alpha value is -2.04. The minimum Gasteiger partial charge on any atom is -0.492 e. The zero-order valence-electron chi connectivity index (χ0n) is 14.5. The number of para-hydroxylation sites is 2. The molecule has 2 saturated heterocycles. The Balaban J connectivity index is 1.73. The van der Waals surface area contributed by atoms with Gasteiger partial charge >= 0.3 is 0 Å². The maximum Gasteiger partial charge on any atom is 0.228 e. The van der Waals surface area contributed by atoms with Crippen LogP contribution >= 0.6 is 0 Å². The van der Waals surface area contributed by atoms with Crippen LogP contribution in [-0.2, 0) is 9.59 Å². The van der Waals surface area contributed by atoms with Crippen LogP contribution in [0.4, 0.5) is 5.69 Å². The normalized spacial score (nSPS) is 24.3.